The molecule has 0 aliphatic carbocycles. The van der Waals surface area contributed by atoms with E-state index < -0.39 is 0 Å². The van der Waals surface area contributed by atoms with Gasteiger partial charge in [0.2, 0.25) is 0 Å². The molecule has 0 spiro atoms. The smallest absolute Gasteiger partial charge is 0.254 e. The number of piperazine rings is 1. The van der Waals surface area contributed by atoms with E-state index in [4.69, 9.17) is 9.97 Å². The number of hydrogen-bond donors (Lipinski definition) is 0. The summed E-state index contributed by atoms with van der Waals surface area (Å²) in [6.45, 7) is 10.2. The molecule has 0 bridgehead atoms. The lowest BCUT2D eigenvalue weighted by Crippen LogP contribution is -2.50. The third-order valence-electron chi connectivity index (χ3n) is 9.35. The molecule has 2 aromatic heterocycles. The van der Waals surface area contributed by atoms with Gasteiger partial charge in [0, 0.05) is 48.1 Å². The Bertz CT molecular complexity index is 2010. The van der Waals surface area contributed by atoms with Gasteiger partial charge < -0.3 is 9.80 Å². The number of rotatable bonds is 4. The molecule has 0 atom stereocenters. The monoisotopic (exact) mass is 604 g/mol. The first kappa shape index (κ1) is 29.4. The van der Waals surface area contributed by atoms with Gasteiger partial charge in [-0.3, -0.25) is 9.59 Å². The lowest BCUT2D eigenvalue weighted by atomic mass is 9.99. The van der Waals surface area contributed by atoms with E-state index in [1.165, 1.54) is 22.3 Å². The fourth-order valence-electron chi connectivity index (χ4n) is 6.26. The van der Waals surface area contributed by atoms with Crippen LogP contribution < -0.4 is 0 Å². The number of aryl methyl sites for hydroxylation is 4. The number of benzene rings is 4. The van der Waals surface area contributed by atoms with Gasteiger partial charge in [-0.1, -0.05) is 60.7 Å². The maximum Gasteiger partial charge on any atom is 0.254 e. The Hall–Kier alpha value is -5.36. The molecule has 228 valence electrons. The molecule has 2 amide bonds. The second kappa shape index (κ2) is 11.9. The third kappa shape index (κ3) is 5.40. The van der Waals surface area contributed by atoms with Crippen LogP contribution in [0.1, 0.15) is 43.0 Å². The zero-order valence-electron chi connectivity index (χ0n) is 26.7. The second-order valence-electron chi connectivity index (χ2n) is 12.3. The Morgan fingerprint density at radius 1 is 0.500 bits per heavy atom. The van der Waals surface area contributed by atoms with Gasteiger partial charge in [-0.25, -0.2) is 9.97 Å². The van der Waals surface area contributed by atoms with Gasteiger partial charge >= 0.3 is 0 Å². The maximum atomic E-state index is 14.1. The molecule has 7 rings (SSSR count). The molecular weight excluding hydrogens is 568 g/mol. The summed E-state index contributed by atoms with van der Waals surface area (Å²) < 4.78 is 0. The maximum absolute atomic E-state index is 14.1. The Morgan fingerprint density at radius 3 is 1.28 bits per heavy atom. The SMILES string of the molecule is Cc1ccc(-c2cc(C(=O)N3CCN(C(=O)c4cc(-c5ccc(C)c(C)c5)nc5ccccc45)CC3)c3ccccc3n2)cc1C. The van der Waals surface area contributed by atoms with Crippen molar-refractivity contribution in [2.24, 2.45) is 0 Å². The van der Waals surface area contributed by atoms with Crippen LogP contribution in [0.3, 0.4) is 0 Å². The Kier molecular flexibility index (Phi) is 7.57. The number of carbonyl (C=O) groups excluding carboxylic acids is 2. The van der Waals surface area contributed by atoms with Gasteiger partial charge in [0.25, 0.3) is 11.8 Å². The van der Waals surface area contributed by atoms with Crippen LogP contribution in [0.4, 0.5) is 0 Å². The molecule has 6 heteroatoms. The molecule has 0 unspecified atom stereocenters. The highest BCUT2D eigenvalue weighted by Crippen LogP contribution is 2.30. The highest BCUT2D eigenvalue weighted by atomic mass is 16.2. The van der Waals surface area contributed by atoms with E-state index in [-0.39, 0.29) is 11.8 Å². The highest BCUT2D eigenvalue weighted by Gasteiger charge is 2.28. The molecule has 1 aliphatic heterocycles. The minimum absolute atomic E-state index is 0.0397. The first-order valence-corrected chi connectivity index (χ1v) is 15.8. The van der Waals surface area contributed by atoms with Crippen LogP contribution in [0.5, 0.6) is 0 Å². The molecule has 46 heavy (non-hydrogen) atoms. The fraction of sp³-hybridized carbons (Fsp3) is 0.200. The van der Waals surface area contributed by atoms with Crippen LogP contribution in [0, 0.1) is 27.7 Å². The van der Waals surface area contributed by atoms with Crippen LogP contribution in [0.25, 0.3) is 44.3 Å². The predicted octanol–water partition coefficient (Wildman–Crippen LogP) is 7.95. The summed E-state index contributed by atoms with van der Waals surface area (Å²) in [4.78, 5) is 41.7. The van der Waals surface area contributed by atoms with Crippen molar-refractivity contribution in [1.29, 1.82) is 0 Å². The topological polar surface area (TPSA) is 66.4 Å². The molecule has 3 heterocycles. The van der Waals surface area contributed by atoms with E-state index in [0.717, 1.165) is 44.3 Å². The Labute approximate surface area is 269 Å². The number of hydrogen-bond acceptors (Lipinski definition) is 4. The van der Waals surface area contributed by atoms with Gasteiger partial charge in [0.05, 0.1) is 33.5 Å². The zero-order chi connectivity index (χ0) is 31.9. The Morgan fingerprint density at radius 2 is 0.891 bits per heavy atom. The van der Waals surface area contributed by atoms with E-state index >= 15 is 0 Å². The molecular formula is C40H36N4O2. The van der Waals surface area contributed by atoms with E-state index in [2.05, 4.69) is 64.1 Å². The second-order valence-corrected chi connectivity index (χ2v) is 12.3. The summed E-state index contributed by atoms with van der Waals surface area (Å²) in [6, 6.07) is 32.0. The summed E-state index contributed by atoms with van der Waals surface area (Å²) >= 11 is 0. The minimum atomic E-state index is -0.0397. The number of para-hydroxylation sites is 2. The summed E-state index contributed by atoms with van der Waals surface area (Å²) in [5.74, 6) is -0.0793. The van der Waals surface area contributed by atoms with Crippen molar-refractivity contribution in [3.05, 3.63) is 130 Å². The average Bonchev–Trinajstić information content (AvgIpc) is 3.09. The third-order valence-corrected chi connectivity index (χ3v) is 9.35. The zero-order valence-corrected chi connectivity index (χ0v) is 26.7. The van der Waals surface area contributed by atoms with Crippen molar-refractivity contribution < 1.29 is 9.59 Å². The number of amides is 2. The van der Waals surface area contributed by atoms with Gasteiger partial charge in [-0.05, 0) is 86.3 Å². The first-order chi connectivity index (χ1) is 22.3. The predicted molar refractivity (Wildman–Crippen MR) is 185 cm³/mol. The quantitative estimate of drug-likeness (QED) is 0.205. The molecule has 1 saturated heterocycles. The largest absolute Gasteiger partial charge is 0.335 e. The first-order valence-electron chi connectivity index (χ1n) is 15.8. The van der Waals surface area contributed by atoms with Crippen LogP contribution >= 0.6 is 0 Å². The van der Waals surface area contributed by atoms with Crippen molar-refractivity contribution in [3.8, 4) is 22.5 Å². The molecule has 0 N–H and O–H groups in total. The van der Waals surface area contributed by atoms with E-state index in [9.17, 15) is 9.59 Å². The number of pyridine rings is 2. The minimum Gasteiger partial charge on any atom is -0.335 e. The van der Waals surface area contributed by atoms with Crippen LogP contribution in [-0.4, -0.2) is 57.8 Å². The van der Waals surface area contributed by atoms with E-state index in [1.54, 1.807) is 0 Å². The normalized spacial score (nSPS) is 13.4. The molecule has 1 aliphatic rings. The molecule has 6 nitrogen and oxygen atoms in total. The molecule has 1 fully saturated rings. The van der Waals surface area contributed by atoms with Gasteiger partial charge in [0.15, 0.2) is 0 Å². The van der Waals surface area contributed by atoms with E-state index in [1.807, 2.05) is 70.5 Å². The number of carbonyl (C=O) groups is 2. The van der Waals surface area contributed by atoms with Crippen molar-refractivity contribution in [3.63, 3.8) is 0 Å². The number of aromatic nitrogens is 2. The lowest BCUT2D eigenvalue weighted by molar-refractivity contribution is 0.0537. The van der Waals surface area contributed by atoms with E-state index in [0.29, 0.717) is 37.3 Å². The highest BCUT2D eigenvalue weighted by molar-refractivity contribution is 6.08. The lowest BCUT2D eigenvalue weighted by Gasteiger charge is -2.35. The van der Waals surface area contributed by atoms with Gasteiger partial charge in [-0.15, -0.1) is 0 Å². The number of fused-ring (bicyclic) bond motifs is 2. The molecule has 4 aromatic carbocycles. The van der Waals surface area contributed by atoms with Crippen molar-refractivity contribution in [2.45, 2.75) is 27.7 Å². The van der Waals surface area contributed by atoms with Crippen molar-refractivity contribution >= 4 is 33.6 Å². The summed E-state index contributed by atoms with van der Waals surface area (Å²) in [7, 11) is 0. The number of nitrogens with zero attached hydrogens (tertiary/aromatic N) is 4. The van der Waals surface area contributed by atoms with Gasteiger partial charge in [0.1, 0.15) is 0 Å². The molecule has 0 saturated carbocycles. The van der Waals surface area contributed by atoms with Crippen LogP contribution in [0.15, 0.2) is 97.1 Å². The standard InChI is InChI=1S/C40H36N4O2/c1-25-13-15-29(21-27(25)3)37-23-33(31-9-5-7-11-35(31)41-37)39(45)43-17-19-44(20-18-43)40(46)34-24-38(30-16-14-26(2)28(4)22-30)42-36-12-8-6-10-32(34)36/h5-16,21-24H,17-20H2,1-4H3. The summed E-state index contributed by atoms with van der Waals surface area (Å²) in [5, 5.41) is 1.67. The summed E-state index contributed by atoms with van der Waals surface area (Å²) in [6.07, 6.45) is 0. The van der Waals surface area contributed by atoms with Crippen LogP contribution in [-0.2, 0) is 0 Å². The Balaban J connectivity index is 1.16. The fourth-order valence-corrected chi connectivity index (χ4v) is 6.26. The molecule has 6 aromatic rings. The van der Waals surface area contributed by atoms with Crippen molar-refractivity contribution in [1.82, 2.24) is 19.8 Å². The van der Waals surface area contributed by atoms with Crippen molar-refractivity contribution in [2.75, 3.05) is 26.2 Å². The average molecular weight is 605 g/mol. The molecule has 0 radical (unpaired) electrons. The summed E-state index contributed by atoms with van der Waals surface area (Å²) in [5.41, 5.74) is 11.2. The van der Waals surface area contributed by atoms with Crippen LogP contribution in [0.2, 0.25) is 0 Å². The van der Waals surface area contributed by atoms with Gasteiger partial charge in [-0.2, -0.15) is 0 Å².